The standard InChI is InChI=1S/C22H31N5O4/c28-21(19-6-10-26(11-7-19)22(29)25-8-1-2-9-25)24-14-12-23(13-15-24)17-18-4-3-5-20(16-18)27(30)31/h3-5,16,19H,1-2,6-15,17H2. The Balaban J connectivity index is 1.22. The molecule has 0 unspecified atom stereocenters. The number of urea groups is 1. The molecule has 31 heavy (non-hydrogen) atoms. The zero-order valence-corrected chi connectivity index (χ0v) is 17.9. The van der Waals surface area contributed by atoms with Crippen LogP contribution in [0.3, 0.4) is 0 Å². The van der Waals surface area contributed by atoms with Gasteiger partial charge in [0, 0.05) is 77.0 Å². The van der Waals surface area contributed by atoms with Crippen molar-refractivity contribution in [2.45, 2.75) is 32.2 Å². The lowest BCUT2D eigenvalue weighted by molar-refractivity contribution is -0.384. The fourth-order valence-electron chi connectivity index (χ4n) is 4.84. The first-order valence-electron chi connectivity index (χ1n) is 11.3. The maximum absolute atomic E-state index is 13.0. The van der Waals surface area contributed by atoms with E-state index in [9.17, 15) is 19.7 Å². The third-order valence-electron chi connectivity index (χ3n) is 6.70. The Morgan fingerprint density at radius 3 is 2.19 bits per heavy atom. The van der Waals surface area contributed by atoms with Crippen LogP contribution in [0.2, 0.25) is 0 Å². The second-order valence-corrected chi connectivity index (χ2v) is 8.77. The smallest absolute Gasteiger partial charge is 0.319 e. The summed E-state index contributed by atoms with van der Waals surface area (Å²) in [6.07, 6.45) is 3.67. The van der Waals surface area contributed by atoms with Crippen molar-refractivity contribution in [3.05, 3.63) is 39.9 Å². The highest BCUT2D eigenvalue weighted by molar-refractivity contribution is 5.80. The van der Waals surface area contributed by atoms with Crippen LogP contribution in [0.15, 0.2) is 24.3 Å². The Hall–Kier alpha value is -2.68. The van der Waals surface area contributed by atoms with Crippen molar-refractivity contribution in [1.29, 1.82) is 0 Å². The van der Waals surface area contributed by atoms with E-state index in [4.69, 9.17) is 0 Å². The van der Waals surface area contributed by atoms with Gasteiger partial charge in [-0.15, -0.1) is 0 Å². The van der Waals surface area contributed by atoms with Gasteiger partial charge in [0.1, 0.15) is 0 Å². The number of carbonyl (C=O) groups excluding carboxylic acids is 2. The number of piperazine rings is 1. The number of non-ortho nitro benzene ring substituents is 1. The van der Waals surface area contributed by atoms with Crippen LogP contribution in [-0.4, -0.2) is 88.8 Å². The van der Waals surface area contributed by atoms with Gasteiger partial charge in [-0.2, -0.15) is 0 Å². The Morgan fingerprint density at radius 2 is 1.55 bits per heavy atom. The number of hydrogen-bond acceptors (Lipinski definition) is 5. The van der Waals surface area contributed by atoms with Crippen LogP contribution in [0.5, 0.6) is 0 Å². The molecule has 3 aliphatic heterocycles. The third-order valence-corrected chi connectivity index (χ3v) is 6.70. The van der Waals surface area contributed by atoms with Crippen LogP contribution in [-0.2, 0) is 11.3 Å². The Labute approximate surface area is 182 Å². The summed E-state index contributed by atoms with van der Waals surface area (Å²) >= 11 is 0. The van der Waals surface area contributed by atoms with Crippen molar-refractivity contribution < 1.29 is 14.5 Å². The normalized spacial score (nSPS) is 20.8. The lowest BCUT2D eigenvalue weighted by atomic mass is 9.95. The van der Waals surface area contributed by atoms with E-state index in [0.29, 0.717) is 32.7 Å². The van der Waals surface area contributed by atoms with Crippen molar-refractivity contribution in [2.75, 3.05) is 52.4 Å². The molecule has 168 valence electrons. The molecule has 0 aromatic heterocycles. The van der Waals surface area contributed by atoms with Crippen molar-refractivity contribution in [1.82, 2.24) is 19.6 Å². The fraction of sp³-hybridized carbons (Fsp3) is 0.636. The number of rotatable bonds is 4. The Bertz CT molecular complexity index is 810. The lowest BCUT2D eigenvalue weighted by Gasteiger charge is -2.39. The molecule has 0 spiro atoms. The van der Waals surface area contributed by atoms with Gasteiger partial charge in [0.15, 0.2) is 0 Å². The van der Waals surface area contributed by atoms with Crippen LogP contribution in [0.25, 0.3) is 0 Å². The molecule has 0 radical (unpaired) electrons. The predicted molar refractivity (Wildman–Crippen MR) is 115 cm³/mol. The first kappa shape index (κ1) is 21.5. The summed E-state index contributed by atoms with van der Waals surface area (Å²) in [4.78, 5) is 44.1. The number of amides is 3. The van der Waals surface area contributed by atoms with Crippen LogP contribution >= 0.6 is 0 Å². The summed E-state index contributed by atoms with van der Waals surface area (Å²) < 4.78 is 0. The fourth-order valence-corrected chi connectivity index (χ4v) is 4.84. The second kappa shape index (κ2) is 9.64. The second-order valence-electron chi connectivity index (χ2n) is 8.77. The summed E-state index contributed by atoms with van der Waals surface area (Å²) in [5, 5.41) is 11.0. The summed E-state index contributed by atoms with van der Waals surface area (Å²) in [5.41, 5.74) is 1.03. The zero-order valence-electron chi connectivity index (χ0n) is 17.9. The lowest BCUT2D eigenvalue weighted by Crippen LogP contribution is -2.52. The molecule has 0 atom stereocenters. The first-order chi connectivity index (χ1) is 15.0. The van der Waals surface area contributed by atoms with E-state index in [1.54, 1.807) is 12.1 Å². The van der Waals surface area contributed by atoms with Crippen LogP contribution in [0.1, 0.15) is 31.2 Å². The molecule has 4 rings (SSSR count). The van der Waals surface area contributed by atoms with Crippen molar-refractivity contribution in [3.8, 4) is 0 Å². The predicted octanol–water partition coefficient (Wildman–Crippen LogP) is 2.17. The average Bonchev–Trinajstić information content (AvgIpc) is 3.34. The number of hydrogen-bond donors (Lipinski definition) is 0. The molecule has 0 aliphatic carbocycles. The number of likely N-dealkylation sites (tertiary alicyclic amines) is 2. The number of nitro groups is 1. The third kappa shape index (κ3) is 5.15. The summed E-state index contributed by atoms with van der Waals surface area (Å²) in [7, 11) is 0. The van der Waals surface area contributed by atoms with E-state index in [2.05, 4.69) is 4.90 Å². The van der Waals surface area contributed by atoms with Crippen LogP contribution in [0, 0.1) is 16.0 Å². The highest BCUT2D eigenvalue weighted by Crippen LogP contribution is 2.23. The summed E-state index contributed by atoms with van der Waals surface area (Å²) in [6.45, 7) is 6.59. The monoisotopic (exact) mass is 429 g/mol. The number of nitro benzene ring substituents is 1. The van der Waals surface area contributed by atoms with Gasteiger partial charge in [-0.1, -0.05) is 12.1 Å². The van der Waals surface area contributed by atoms with E-state index in [-0.39, 0.29) is 28.5 Å². The van der Waals surface area contributed by atoms with Crippen LogP contribution < -0.4 is 0 Å². The quantitative estimate of drug-likeness (QED) is 0.540. The van der Waals surface area contributed by atoms with E-state index in [1.807, 2.05) is 20.8 Å². The van der Waals surface area contributed by atoms with E-state index in [0.717, 1.165) is 57.4 Å². The Morgan fingerprint density at radius 1 is 0.903 bits per heavy atom. The maximum atomic E-state index is 13.0. The van der Waals surface area contributed by atoms with Crippen molar-refractivity contribution in [2.24, 2.45) is 5.92 Å². The van der Waals surface area contributed by atoms with Gasteiger partial charge >= 0.3 is 6.03 Å². The number of nitrogens with zero attached hydrogens (tertiary/aromatic N) is 5. The molecule has 9 heteroatoms. The topological polar surface area (TPSA) is 90.2 Å². The molecule has 3 saturated heterocycles. The largest absolute Gasteiger partial charge is 0.340 e. The molecule has 9 nitrogen and oxygen atoms in total. The minimum Gasteiger partial charge on any atom is -0.340 e. The minimum absolute atomic E-state index is 0.00551. The van der Waals surface area contributed by atoms with Gasteiger partial charge in [-0.05, 0) is 31.2 Å². The zero-order chi connectivity index (χ0) is 21.8. The highest BCUT2D eigenvalue weighted by Gasteiger charge is 2.33. The molecule has 1 aromatic rings. The molecule has 3 fully saturated rings. The summed E-state index contributed by atoms with van der Waals surface area (Å²) in [6, 6.07) is 6.88. The molecule has 0 N–H and O–H groups in total. The van der Waals surface area contributed by atoms with Crippen molar-refractivity contribution in [3.63, 3.8) is 0 Å². The van der Waals surface area contributed by atoms with Gasteiger partial charge in [0.05, 0.1) is 4.92 Å². The highest BCUT2D eigenvalue weighted by atomic mass is 16.6. The molecule has 1 aromatic carbocycles. The minimum atomic E-state index is -0.371. The SMILES string of the molecule is O=C(C1CCN(C(=O)N2CCCC2)CC1)N1CCN(Cc2cccc([N+](=O)[O-])c2)CC1. The average molecular weight is 430 g/mol. The van der Waals surface area contributed by atoms with E-state index in [1.165, 1.54) is 6.07 Å². The molecule has 0 bridgehead atoms. The molecule has 0 saturated carbocycles. The first-order valence-corrected chi connectivity index (χ1v) is 11.3. The maximum Gasteiger partial charge on any atom is 0.319 e. The molecular formula is C22H31N5O4. The molecule has 3 aliphatic rings. The van der Waals surface area contributed by atoms with Crippen molar-refractivity contribution >= 4 is 17.6 Å². The van der Waals surface area contributed by atoms with Crippen LogP contribution in [0.4, 0.5) is 10.5 Å². The van der Waals surface area contributed by atoms with Gasteiger partial charge in [0.25, 0.3) is 5.69 Å². The van der Waals surface area contributed by atoms with E-state index < -0.39 is 0 Å². The molecular weight excluding hydrogens is 398 g/mol. The number of benzene rings is 1. The van der Waals surface area contributed by atoms with Gasteiger partial charge in [-0.25, -0.2) is 4.79 Å². The summed E-state index contributed by atoms with van der Waals surface area (Å²) in [5.74, 6) is 0.217. The molecule has 3 heterocycles. The van der Waals surface area contributed by atoms with Gasteiger partial charge in [-0.3, -0.25) is 19.8 Å². The Kier molecular flexibility index (Phi) is 6.70. The van der Waals surface area contributed by atoms with Gasteiger partial charge in [0.2, 0.25) is 5.91 Å². The van der Waals surface area contributed by atoms with Gasteiger partial charge < -0.3 is 14.7 Å². The molecule has 3 amide bonds. The number of piperidine rings is 1. The van der Waals surface area contributed by atoms with E-state index >= 15 is 0 Å². The number of carbonyl (C=O) groups is 2.